The lowest BCUT2D eigenvalue weighted by molar-refractivity contribution is -0.121. The summed E-state index contributed by atoms with van der Waals surface area (Å²) in [6, 6.07) is 5.30. The van der Waals surface area contributed by atoms with Crippen molar-refractivity contribution in [3.05, 3.63) is 30.1 Å². The van der Waals surface area contributed by atoms with Crippen LogP contribution in [0.25, 0.3) is 0 Å². The van der Waals surface area contributed by atoms with Crippen molar-refractivity contribution in [2.75, 3.05) is 0 Å². The Labute approximate surface area is 127 Å². The van der Waals surface area contributed by atoms with E-state index in [1.54, 1.807) is 6.20 Å². The van der Waals surface area contributed by atoms with Crippen LogP contribution >= 0.6 is 0 Å². The molecule has 2 aliphatic rings. The van der Waals surface area contributed by atoms with E-state index in [9.17, 15) is 14.7 Å². The molecule has 1 fully saturated rings. The number of amides is 2. The van der Waals surface area contributed by atoms with Gasteiger partial charge in [-0.3, -0.25) is 14.6 Å². The van der Waals surface area contributed by atoms with Gasteiger partial charge in [0.2, 0.25) is 5.91 Å². The zero-order valence-corrected chi connectivity index (χ0v) is 12.0. The molecule has 7 nitrogen and oxygen atoms in total. The van der Waals surface area contributed by atoms with E-state index >= 15 is 0 Å². The normalized spacial score (nSPS) is 25.5. The van der Waals surface area contributed by atoms with Gasteiger partial charge in [0.25, 0.3) is 5.91 Å². The average Bonchev–Trinajstić information content (AvgIpc) is 2.51. The van der Waals surface area contributed by atoms with E-state index < -0.39 is 0 Å². The molecule has 1 aliphatic heterocycles. The maximum atomic E-state index is 12.3. The molecule has 1 aliphatic carbocycles. The van der Waals surface area contributed by atoms with Gasteiger partial charge in [0, 0.05) is 19.0 Å². The molecular formula is C15H18N4O3. The molecule has 0 unspecified atom stereocenters. The number of aliphatic hydroxyl groups excluding tert-OH is 1. The molecule has 7 heteroatoms. The molecule has 3 rings (SSSR count). The number of aromatic nitrogens is 1. The summed E-state index contributed by atoms with van der Waals surface area (Å²) in [4.78, 5) is 27.7. The Morgan fingerprint density at radius 2 is 2.18 bits per heavy atom. The smallest absolute Gasteiger partial charge is 0.268 e. The highest BCUT2D eigenvalue weighted by molar-refractivity contribution is 6.39. The summed E-state index contributed by atoms with van der Waals surface area (Å²) in [6.45, 7) is 0. The van der Waals surface area contributed by atoms with Crippen LogP contribution in [0.4, 0.5) is 0 Å². The third-order valence-electron chi connectivity index (χ3n) is 4.08. The first kappa shape index (κ1) is 14.6. The molecule has 3 N–H and O–H groups in total. The molecule has 0 spiro atoms. The van der Waals surface area contributed by atoms with Crippen molar-refractivity contribution in [2.45, 2.75) is 37.8 Å². The summed E-state index contributed by atoms with van der Waals surface area (Å²) < 4.78 is 0. The van der Waals surface area contributed by atoms with Gasteiger partial charge in [0.15, 0.2) is 0 Å². The lowest BCUT2D eigenvalue weighted by Gasteiger charge is -2.37. The fourth-order valence-electron chi connectivity index (χ4n) is 2.76. The first-order valence-electron chi connectivity index (χ1n) is 7.38. The number of nitrogens with zero attached hydrogens (tertiary/aromatic N) is 2. The highest BCUT2D eigenvalue weighted by Gasteiger charge is 2.37. The Kier molecular flexibility index (Phi) is 4.15. The summed E-state index contributed by atoms with van der Waals surface area (Å²) >= 11 is 0. The fourth-order valence-corrected chi connectivity index (χ4v) is 2.76. The molecule has 1 saturated carbocycles. The minimum absolute atomic E-state index is 0.160. The van der Waals surface area contributed by atoms with Crippen molar-refractivity contribution < 1.29 is 14.7 Å². The third kappa shape index (κ3) is 3.14. The molecule has 1 atom stereocenters. The Bertz CT molecular complexity index is 596. The highest BCUT2D eigenvalue weighted by atomic mass is 16.3. The van der Waals surface area contributed by atoms with Crippen LogP contribution < -0.4 is 10.7 Å². The predicted molar refractivity (Wildman–Crippen MR) is 78.7 cm³/mol. The van der Waals surface area contributed by atoms with Gasteiger partial charge in [-0.15, -0.1) is 0 Å². The molecule has 116 valence electrons. The summed E-state index contributed by atoms with van der Waals surface area (Å²) in [5.74, 6) is -0.315. The molecule has 1 aromatic rings. The van der Waals surface area contributed by atoms with E-state index in [0.29, 0.717) is 25.0 Å². The summed E-state index contributed by atoms with van der Waals surface area (Å²) in [6.07, 6.45) is 3.26. The standard InChI is InChI=1S/C15H18N4O3/c20-10-7-9(8-10)14(11-3-1-2-6-16-11)17-15(22)12-4-5-13(21)19-18-12/h1-3,6,9-10,14,20H,4-5,7-8H2,(H,17,22)(H,19,21)/t9?,10?,14-/m0/s1. The first-order chi connectivity index (χ1) is 10.6. The molecule has 0 aromatic carbocycles. The summed E-state index contributed by atoms with van der Waals surface area (Å²) in [5.41, 5.74) is 3.41. The Morgan fingerprint density at radius 3 is 2.77 bits per heavy atom. The van der Waals surface area contributed by atoms with Gasteiger partial charge >= 0.3 is 0 Å². The van der Waals surface area contributed by atoms with Crippen molar-refractivity contribution in [1.82, 2.24) is 15.7 Å². The second-order valence-electron chi connectivity index (χ2n) is 5.68. The number of carbonyl (C=O) groups is 2. The van der Waals surface area contributed by atoms with E-state index in [2.05, 4.69) is 20.8 Å². The van der Waals surface area contributed by atoms with Crippen LogP contribution in [-0.2, 0) is 9.59 Å². The van der Waals surface area contributed by atoms with Crippen molar-refractivity contribution in [3.63, 3.8) is 0 Å². The van der Waals surface area contributed by atoms with Crippen molar-refractivity contribution in [1.29, 1.82) is 0 Å². The van der Waals surface area contributed by atoms with Gasteiger partial charge in [0.1, 0.15) is 5.71 Å². The van der Waals surface area contributed by atoms with E-state index in [1.165, 1.54) is 0 Å². The van der Waals surface area contributed by atoms with E-state index in [0.717, 1.165) is 5.69 Å². The maximum Gasteiger partial charge on any atom is 0.268 e. The number of rotatable bonds is 4. The van der Waals surface area contributed by atoms with Gasteiger partial charge in [0.05, 0.1) is 17.8 Å². The van der Waals surface area contributed by atoms with Crippen molar-refractivity contribution >= 4 is 17.5 Å². The molecule has 2 amide bonds. The average molecular weight is 302 g/mol. The minimum atomic E-state index is -0.306. The number of hydrazone groups is 1. The van der Waals surface area contributed by atoms with Crippen LogP contribution in [-0.4, -0.2) is 33.7 Å². The van der Waals surface area contributed by atoms with E-state index in [1.807, 2.05) is 18.2 Å². The van der Waals surface area contributed by atoms with Crippen LogP contribution in [0.5, 0.6) is 0 Å². The van der Waals surface area contributed by atoms with Gasteiger partial charge in [-0.2, -0.15) is 5.10 Å². The number of pyridine rings is 1. The number of aliphatic hydroxyl groups is 1. The molecule has 0 radical (unpaired) electrons. The zero-order valence-electron chi connectivity index (χ0n) is 12.0. The van der Waals surface area contributed by atoms with E-state index in [4.69, 9.17) is 0 Å². The summed E-state index contributed by atoms with van der Waals surface area (Å²) in [5, 5.41) is 16.3. The number of hydrogen-bond acceptors (Lipinski definition) is 5. The Hall–Kier alpha value is -2.28. The van der Waals surface area contributed by atoms with Gasteiger partial charge < -0.3 is 10.4 Å². The van der Waals surface area contributed by atoms with Gasteiger partial charge in [-0.1, -0.05) is 6.07 Å². The highest BCUT2D eigenvalue weighted by Crippen LogP contribution is 2.37. The minimum Gasteiger partial charge on any atom is -0.393 e. The molecule has 0 bridgehead atoms. The van der Waals surface area contributed by atoms with Crippen molar-refractivity contribution in [3.8, 4) is 0 Å². The third-order valence-corrected chi connectivity index (χ3v) is 4.08. The van der Waals surface area contributed by atoms with Crippen molar-refractivity contribution in [2.24, 2.45) is 11.0 Å². The lowest BCUT2D eigenvalue weighted by atomic mass is 9.76. The fraction of sp³-hybridized carbons (Fsp3) is 0.467. The Morgan fingerprint density at radius 1 is 1.36 bits per heavy atom. The van der Waals surface area contributed by atoms with Crippen LogP contribution in [0.1, 0.15) is 37.4 Å². The topological polar surface area (TPSA) is 104 Å². The molecular weight excluding hydrogens is 284 g/mol. The largest absolute Gasteiger partial charge is 0.393 e. The quantitative estimate of drug-likeness (QED) is 0.743. The number of hydrogen-bond donors (Lipinski definition) is 3. The molecule has 22 heavy (non-hydrogen) atoms. The molecule has 2 heterocycles. The number of carbonyl (C=O) groups excluding carboxylic acids is 2. The summed E-state index contributed by atoms with van der Waals surface area (Å²) in [7, 11) is 0. The van der Waals surface area contributed by atoms with Crippen LogP contribution in [0, 0.1) is 5.92 Å². The lowest BCUT2D eigenvalue weighted by Crippen LogP contribution is -2.45. The number of nitrogens with one attached hydrogen (secondary N) is 2. The Balaban J connectivity index is 1.73. The predicted octanol–water partition coefficient (Wildman–Crippen LogP) is 0.276. The second-order valence-corrected chi connectivity index (χ2v) is 5.68. The van der Waals surface area contributed by atoms with Crippen LogP contribution in [0.3, 0.4) is 0 Å². The molecule has 0 saturated heterocycles. The first-order valence-corrected chi connectivity index (χ1v) is 7.38. The second kappa shape index (κ2) is 6.23. The SMILES string of the molecule is O=C1CCC(C(=O)N[C@H](c2ccccn2)C2CC(O)C2)=NN1. The van der Waals surface area contributed by atoms with Crippen LogP contribution in [0.2, 0.25) is 0 Å². The zero-order chi connectivity index (χ0) is 15.5. The van der Waals surface area contributed by atoms with E-state index in [-0.39, 0.29) is 36.3 Å². The maximum absolute atomic E-state index is 12.3. The molecule has 1 aromatic heterocycles. The van der Waals surface area contributed by atoms with Gasteiger partial charge in [-0.05, 0) is 30.9 Å². The van der Waals surface area contributed by atoms with Gasteiger partial charge in [-0.25, -0.2) is 5.43 Å². The van der Waals surface area contributed by atoms with Crippen LogP contribution in [0.15, 0.2) is 29.5 Å². The monoisotopic (exact) mass is 302 g/mol.